The van der Waals surface area contributed by atoms with E-state index in [0.717, 1.165) is 36.8 Å². The Morgan fingerprint density at radius 1 is 0.737 bits per heavy atom. The number of hydrogen-bond acceptors (Lipinski definition) is 1. The van der Waals surface area contributed by atoms with Crippen molar-refractivity contribution in [2.75, 3.05) is 6.61 Å². The summed E-state index contributed by atoms with van der Waals surface area (Å²) < 4.78 is 102. The van der Waals surface area contributed by atoms with E-state index in [0.29, 0.717) is 12.2 Å². The molecule has 1 heterocycles. The molecule has 1 fully saturated rings. The SMILES string of the molecule is Fc1cc(-c2ccc(C3CCCCO3)cc2F)ccc1-c1ccc2c(F)c(C#CC(F)(F)F)c(F)cc2c1. The highest BCUT2D eigenvalue weighted by molar-refractivity contribution is 5.89. The van der Waals surface area contributed by atoms with Crippen molar-refractivity contribution in [3.63, 3.8) is 0 Å². The molecule has 0 bridgehead atoms. The van der Waals surface area contributed by atoms with Crippen LogP contribution in [0, 0.1) is 35.1 Å². The maximum atomic E-state index is 15.1. The van der Waals surface area contributed by atoms with Gasteiger partial charge in [0.15, 0.2) is 0 Å². The van der Waals surface area contributed by atoms with Crippen LogP contribution >= 0.6 is 0 Å². The largest absolute Gasteiger partial charge is 0.458 e. The van der Waals surface area contributed by atoms with Crippen LogP contribution in [0.15, 0.2) is 60.7 Å². The van der Waals surface area contributed by atoms with Crippen LogP contribution in [0.3, 0.4) is 0 Å². The van der Waals surface area contributed by atoms with E-state index in [-0.39, 0.29) is 33.6 Å². The van der Waals surface area contributed by atoms with Gasteiger partial charge in [-0.2, -0.15) is 13.2 Å². The summed E-state index contributed by atoms with van der Waals surface area (Å²) in [7, 11) is 0. The van der Waals surface area contributed by atoms with E-state index in [4.69, 9.17) is 4.74 Å². The van der Waals surface area contributed by atoms with E-state index in [2.05, 4.69) is 0 Å². The average Bonchev–Trinajstić information content (AvgIpc) is 2.88. The van der Waals surface area contributed by atoms with Gasteiger partial charge in [0, 0.05) is 29.0 Å². The summed E-state index contributed by atoms with van der Waals surface area (Å²) in [6.45, 7) is 0.627. The van der Waals surface area contributed by atoms with Gasteiger partial charge in [0.05, 0.1) is 11.7 Å². The lowest BCUT2D eigenvalue weighted by Crippen LogP contribution is -2.11. The van der Waals surface area contributed by atoms with Crippen molar-refractivity contribution in [2.45, 2.75) is 31.5 Å². The van der Waals surface area contributed by atoms with Crippen molar-refractivity contribution in [2.24, 2.45) is 0 Å². The summed E-state index contributed by atoms with van der Waals surface area (Å²) in [5, 5.41) is -0.146. The molecule has 4 aromatic carbocycles. The van der Waals surface area contributed by atoms with E-state index >= 15 is 4.39 Å². The van der Waals surface area contributed by atoms with Crippen molar-refractivity contribution in [3.05, 3.63) is 95.1 Å². The zero-order chi connectivity index (χ0) is 27.0. The zero-order valence-corrected chi connectivity index (χ0v) is 19.7. The van der Waals surface area contributed by atoms with Crippen LogP contribution in [0.5, 0.6) is 0 Å². The van der Waals surface area contributed by atoms with Crippen molar-refractivity contribution in [3.8, 4) is 34.1 Å². The smallest absolute Gasteiger partial charge is 0.374 e. The lowest BCUT2D eigenvalue weighted by atomic mass is 9.95. The van der Waals surface area contributed by atoms with Crippen LogP contribution in [-0.2, 0) is 4.74 Å². The minimum absolute atomic E-state index is 0.0186. The van der Waals surface area contributed by atoms with Crippen LogP contribution in [0.1, 0.15) is 36.5 Å². The normalized spacial score (nSPS) is 15.8. The molecule has 0 aromatic heterocycles. The van der Waals surface area contributed by atoms with E-state index in [9.17, 15) is 26.3 Å². The molecule has 0 spiro atoms. The first kappa shape index (κ1) is 25.8. The molecule has 0 radical (unpaired) electrons. The van der Waals surface area contributed by atoms with Crippen LogP contribution in [0.25, 0.3) is 33.0 Å². The number of halogens is 7. The van der Waals surface area contributed by atoms with Crippen molar-refractivity contribution < 1.29 is 35.5 Å². The second kappa shape index (κ2) is 10.1. The van der Waals surface area contributed by atoms with Crippen molar-refractivity contribution >= 4 is 10.8 Å². The molecule has 1 atom stereocenters. The summed E-state index contributed by atoms with van der Waals surface area (Å²) in [5.74, 6) is -1.35. The summed E-state index contributed by atoms with van der Waals surface area (Å²) in [5.41, 5.74) is 0.632. The minimum atomic E-state index is -4.91. The highest BCUT2D eigenvalue weighted by Gasteiger charge is 2.24. The third-order valence-corrected chi connectivity index (χ3v) is 6.49. The highest BCUT2D eigenvalue weighted by Crippen LogP contribution is 2.35. The summed E-state index contributed by atoms with van der Waals surface area (Å²) >= 11 is 0. The second-order valence-corrected chi connectivity index (χ2v) is 9.02. The molecule has 1 aliphatic rings. The Hall–Kier alpha value is -3.83. The molecule has 8 heteroatoms. The fourth-order valence-electron chi connectivity index (χ4n) is 4.63. The van der Waals surface area contributed by atoms with Gasteiger partial charge in [0.2, 0.25) is 0 Å². The quantitative estimate of drug-likeness (QED) is 0.191. The Morgan fingerprint density at radius 2 is 1.42 bits per heavy atom. The predicted octanol–water partition coefficient (Wildman–Crippen LogP) is 8.89. The predicted molar refractivity (Wildman–Crippen MR) is 130 cm³/mol. The molecule has 1 unspecified atom stereocenters. The Kier molecular flexibility index (Phi) is 6.89. The Labute approximate surface area is 213 Å². The molecule has 0 N–H and O–H groups in total. The van der Waals surface area contributed by atoms with Crippen LogP contribution in [0.4, 0.5) is 30.7 Å². The zero-order valence-electron chi connectivity index (χ0n) is 19.7. The first-order valence-electron chi connectivity index (χ1n) is 11.8. The molecule has 4 aromatic rings. The maximum absolute atomic E-state index is 15.1. The Balaban J connectivity index is 1.46. The molecule has 0 saturated carbocycles. The molecule has 0 aliphatic carbocycles. The maximum Gasteiger partial charge on any atom is 0.458 e. The first-order chi connectivity index (χ1) is 18.1. The van der Waals surface area contributed by atoms with Gasteiger partial charge < -0.3 is 4.74 Å². The fourth-order valence-corrected chi connectivity index (χ4v) is 4.63. The molecule has 194 valence electrons. The molecular formula is C30H19F7O. The third kappa shape index (κ3) is 5.25. The second-order valence-electron chi connectivity index (χ2n) is 9.02. The first-order valence-corrected chi connectivity index (χ1v) is 11.8. The van der Waals surface area contributed by atoms with Crippen molar-refractivity contribution in [1.82, 2.24) is 0 Å². The Bertz CT molecular complexity index is 1590. The molecular weight excluding hydrogens is 509 g/mol. The average molecular weight is 528 g/mol. The van der Waals surface area contributed by atoms with Crippen LogP contribution in [-0.4, -0.2) is 12.8 Å². The third-order valence-electron chi connectivity index (χ3n) is 6.49. The molecule has 1 aliphatic heterocycles. The summed E-state index contributed by atoms with van der Waals surface area (Å²) in [6.07, 6.45) is -2.29. The molecule has 38 heavy (non-hydrogen) atoms. The fraction of sp³-hybridized carbons (Fsp3) is 0.200. The van der Waals surface area contributed by atoms with Gasteiger partial charge in [0.25, 0.3) is 0 Å². The number of rotatable bonds is 3. The van der Waals surface area contributed by atoms with Crippen LogP contribution in [0.2, 0.25) is 0 Å². The van der Waals surface area contributed by atoms with E-state index in [1.165, 1.54) is 48.4 Å². The van der Waals surface area contributed by atoms with Gasteiger partial charge >= 0.3 is 6.18 Å². The number of benzene rings is 4. The number of ether oxygens (including phenoxy) is 1. The molecule has 1 saturated heterocycles. The molecule has 5 rings (SSSR count). The van der Waals surface area contributed by atoms with Gasteiger partial charge in [-0.15, -0.1) is 0 Å². The van der Waals surface area contributed by atoms with Gasteiger partial charge in [-0.3, -0.25) is 0 Å². The lowest BCUT2D eigenvalue weighted by molar-refractivity contribution is -0.0696. The van der Waals surface area contributed by atoms with Crippen LogP contribution < -0.4 is 0 Å². The Morgan fingerprint density at radius 3 is 2.08 bits per heavy atom. The number of alkyl halides is 3. The molecule has 1 nitrogen and oxygen atoms in total. The van der Waals surface area contributed by atoms with E-state index in [1.54, 1.807) is 12.1 Å². The van der Waals surface area contributed by atoms with E-state index in [1.807, 2.05) is 0 Å². The monoisotopic (exact) mass is 528 g/mol. The van der Waals surface area contributed by atoms with Gasteiger partial charge in [-0.25, -0.2) is 17.6 Å². The van der Waals surface area contributed by atoms with Gasteiger partial charge in [-0.05, 0) is 65.6 Å². The summed E-state index contributed by atoms with van der Waals surface area (Å²) in [4.78, 5) is 0. The minimum Gasteiger partial charge on any atom is -0.374 e. The molecule has 0 amide bonds. The lowest BCUT2D eigenvalue weighted by Gasteiger charge is -2.23. The number of hydrogen-bond donors (Lipinski definition) is 0. The number of fused-ring (bicyclic) bond motifs is 1. The van der Waals surface area contributed by atoms with Crippen molar-refractivity contribution in [1.29, 1.82) is 0 Å². The standard InChI is InChI=1S/C30H19F7O/c31-25-14-18(22-8-6-19(15-26(22)32)28-3-1-2-12-38-28)4-7-21(25)17-5-9-23-20(13-17)16-27(33)24(29(23)34)10-11-30(35,36)37/h4-9,13-16,28H,1-3,12H2. The van der Waals surface area contributed by atoms with Gasteiger partial charge in [-0.1, -0.05) is 42.3 Å². The topological polar surface area (TPSA) is 9.23 Å². The summed E-state index contributed by atoms with van der Waals surface area (Å²) in [6, 6.07) is 13.6. The van der Waals surface area contributed by atoms with Gasteiger partial charge in [0.1, 0.15) is 23.3 Å². The highest BCUT2D eigenvalue weighted by atomic mass is 19.4. The van der Waals surface area contributed by atoms with E-state index < -0.39 is 35.0 Å².